The Hall–Kier alpha value is -1.24. The predicted molar refractivity (Wildman–Crippen MR) is 97.0 cm³/mol. The summed E-state index contributed by atoms with van der Waals surface area (Å²) in [5.41, 5.74) is 0.297. The lowest BCUT2D eigenvalue weighted by atomic mass is 9.78. The SMILES string of the molecule is CCCCOC(=O)Nc1ccc(Cl)cc1B1OC(C)(C)C(C)(C)O1. The van der Waals surface area contributed by atoms with Gasteiger partial charge in [0.05, 0.1) is 17.8 Å². The molecule has 1 amide bonds. The molecular formula is C17H25BClNO4. The van der Waals surface area contributed by atoms with E-state index >= 15 is 0 Å². The highest BCUT2D eigenvalue weighted by atomic mass is 35.5. The largest absolute Gasteiger partial charge is 0.497 e. The molecule has 7 heteroatoms. The average Bonchev–Trinajstić information content (AvgIpc) is 2.69. The summed E-state index contributed by atoms with van der Waals surface area (Å²) in [6.45, 7) is 10.3. The standard InChI is InChI=1S/C17H25BClNO4/c1-6-7-10-22-15(21)20-14-9-8-12(19)11-13(14)18-23-16(2,3)17(4,5)24-18/h8-9,11H,6-7,10H2,1-5H3,(H,20,21). The number of benzene rings is 1. The van der Waals surface area contributed by atoms with Crippen LogP contribution in [-0.2, 0) is 14.0 Å². The molecule has 0 radical (unpaired) electrons. The van der Waals surface area contributed by atoms with Crippen LogP contribution in [0, 0.1) is 0 Å². The molecule has 1 aliphatic rings. The van der Waals surface area contributed by atoms with Gasteiger partial charge in [-0.05, 0) is 52.3 Å². The minimum absolute atomic E-state index is 0.391. The number of rotatable bonds is 5. The van der Waals surface area contributed by atoms with E-state index < -0.39 is 24.4 Å². The third-order valence-corrected chi connectivity index (χ3v) is 4.72. The van der Waals surface area contributed by atoms with Gasteiger partial charge in [-0.1, -0.05) is 24.9 Å². The van der Waals surface area contributed by atoms with Crippen molar-refractivity contribution in [3.63, 3.8) is 0 Å². The molecule has 2 rings (SSSR count). The third kappa shape index (κ3) is 4.24. The maximum Gasteiger partial charge on any atom is 0.497 e. The molecule has 1 aromatic carbocycles. The molecule has 0 bridgehead atoms. The van der Waals surface area contributed by atoms with Gasteiger partial charge in [-0.2, -0.15) is 0 Å². The van der Waals surface area contributed by atoms with Gasteiger partial charge in [0.25, 0.3) is 0 Å². The topological polar surface area (TPSA) is 56.8 Å². The molecule has 0 unspecified atom stereocenters. The van der Waals surface area contributed by atoms with E-state index in [1.165, 1.54) is 0 Å². The Morgan fingerprint density at radius 2 is 1.88 bits per heavy atom. The summed E-state index contributed by atoms with van der Waals surface area (Å²) < 4.78 is 17.3. The molecule has 0 atom stereocenters. The van der Waals surface area contributed by atoms with Gasteiger partial charge in [0.2, 0.25) is 0 Å². The number of hydrogen-bond donors (Lipinski definition) is 1. The summed E-state index contributed by atoms with van der Waals surface area (Å²) in [7, 11) is -0.611. The van der Waals surface area contributed by atoms with Crippen LogP contribution in [-0.4, -0.2) is 31.0 Å². The summed E-state index contributed by atoms with van der Waals surface area (Å²) in [6, 6.07) is 5.17. The highest BCUT2D eigenvalue weighted by Gasteiger charge is 2.52. The number of unbranched alkanes of at least 4 members (excludes halogenated alkanes) is 1. The molecule has 1 fully saturated rings. The van der Waals surface area contributed by atoms with Gasteiger partial charge in [-0.25, -0.2) is 4.79 Å². The molecule has 1 N–H and O–H groups in total. The van der Waals surface area contributed by atoms with Crippen molar-refractivity contribution < 1.29 is 18.8 Å². The van der Waals surface area contributed by atoms with Crippen LogP contribution in [0.15, 0.2) is 18.2 Å². The first kappa shape index (κ1) is 19.1. The number of carbonyl (C=O) groups is 1. The van der Waals surface area contributed by atoms with Crippen molar-refractivity contribution in [2.45, 2.75) is 58.7 Å². The molecule has 0 saturated carbocycles. The molecule has 132 valence electrons. The van der Waals surface area contributed by atoms with E-state index in [9.17, 15) is 4.79 Å². The molecule has 0 aliphatic carbocycles. The first-order valence-electron chi connectivity index (χ1n) is 8.25. The smallest absolute Gasteiger partial charge is 0.449 e. The molecule has 0 aromatic heterocycles. The normalized spacial score (nSPS) is 18.5. The Morgan fingerprint density at radius 3 is 2.46 bits per heavy atom. The van der Waals surface area contributed by atoms with Gasteiger partial charge in [0, 0.05) is 16.2 Å². The highest BCUT2D eigenvalue weighted by molar-refractivity contribution is 6.64. The van der Waals surface area contributed by atoms with Crippen molar-refractivity contribution in [1.29, 1.82) is 0 Å². The van der Waals surface area contributed by atoms with Crippen LogP contribution in [0.1, 0.15) is 47.5 Å². The minimum Gasteiger partial charge on any atom is -0.449 e. The molecule has 24 heavy (non-hydrogen) atoms. The Kier molecular flexibility index (Phi) is 5.84. The van der Waals surface area contributed by atoms with E-state index in [2.05, 4.69) is 5.32 Å². The van der Waals surface area contributed by atoms with Crippen molar-refractivity contribution >= 4 is 36.0 Å². The van der Waals surface area contributed by atoms with Crippen molar-refractivity contribution in [1.82, 2.24) is 0 Å². The van der Waals surface area contributed by atoms with E-state index in [-0.39, 0.29) is 0 Å². The number of carbonyl (C=O) groups excluding carboxylic acids is 1. The van der Waals surface area contributed by atoms with Crippen LogP contribution in [0.25, 0.3) is 0 Å². The van der Waals surface area contributed by atoms with Crippen LogP contribution in [0.4, 0.5) is 10.5 Å². The predicted octanol–water partition coefficient (Wildman–Crippen LogP) is 3.99. The lowest BCUT2D eigenvalue weighted by Gasteiger charge is -2.32. The molecule has 1 saturated heterocycles. The van der Waals surface area contributed by atoms with Crippen LogP contribution in [0.3, 0.4) is 0 Å². The fourth-order valence-corrected chi connectivity index (χ4v) is 2.45. The minimum atomic E-state index is -0.611. The second-order valence-corrected chi connectivity index (χ2v) is 7.37. The summed E-state index contributed by atoms with van der Waals surface area (Å²) in [6.07, 6.45) is 1.30. The molecular weight excluding hydrogens is 328 g/mol. The fourth-order valence-electron chi connectivity index (χ4n) is 2.27. The van der Waals surface area contributed by atoms with Gasteiger partial charge in [-0.15, -0.1) is 0 Å². The second kappa shape index (κ2) is 7.34. The van der Waals surface area contributed by atoms with E-state index in [1.807, 2.05) is 34.6 Å². The Morgan fingerprint density at radius 1 is 1.25 bits per heavy atom. The lowest BCUT2D eigenvalue weighted by Crippen LogP contribution is -2.41. The summed E-state index contributed by atoms with van der Waals surface area (Å²) in [4.78, 5) is 11.9. The Labute approximate surface area is 149 Å². The number of anilines is 1. The van der Waals surface area contributed by atoms with Gasteiger partial charge in [0.15, 0.2) is 0 Å². The van der Waals surface area contributed by atoms with Gasteiger partial charge in [-0.3, -0.25) is 5.32 Å². The zero-order valence-electron chi connectivity index (χ0n) is 14.9. The van der Waals surface area contributed by atoms with Crippen molar-refractivity contribution in [2.75, 3.05) is 11.9 Å². The van der Waals surface area contributed by atoms with Crippen LogP contribution < -0.4 is 10.8 Å². The van der Waals surface area contributed by atoms with Crippen molar-refractivity contribution in [3.8, 4) is 0 Å². The van der Waals surface area contributed by atoms with Crippen molar-refractivity contribution in [3.05, 3.63) is 23.2 Å². The third-order valence-electron chi connectivity index (χ3n) is 4.49. The summed E-state index contributed by atoms with van der Waals surface area (Å²) in [5, 5.41) is 3.29. The van der Waals surface area contributed by atoms with E-state index in [0.29, 0.717) is 22.8 Å². The Bertz CT molecular complexity index is 590. The van der Waals surface area contributed by atoms with Gasteiger partial charge >= 0.3 is 13.2 Å². The number of halogens is 1. The molecule has 1 heterocycles. The number of ether oxygens (including phenoxy) is 1. The van der Waals surface area contributed by atoms with Crippen LogP contribution >= 0.6 is 11.6 Å². The molecule has 0 spiro atoms. The maximum absolute atomic E-state index is 11.9. The van der Waals surface area contributed by atoms with E-state index in [1.54, 1.807) is 18.2 Å². The van der Waals surface area contributed by atoms with Gasteiger partial charge < -0.3 is 14.0 Å². The number of nitrogens with one attached hydrogen (secondary N) is 1. The maximum atomic E-state index is 11.9. The fraction of sp³-hybridized carbons (Fsp3) is 0.588. The molecule has 1 aromatic rings. The summed E-state index contributed by atoms with van der Waals surface area (Å²) >= 11 is 6.12. The number of amides is 1. The monoisotopic (exact) mass is 353 g/mol. The van der Waals surface area contributed by atoms with Gasteiger partial charge in [0.1, 0.15) is 0 Å². The van der Waals surface area contributed by atoms with E-state index in [4.69, 9.17) is 25.6 Å². The Balaban J connectivity index is 2.18. The zero-order valence-corrected chi connectivity index (χ0v) is 15.7. The first-order chi connectivity index (χ1) is 11.2. The lowest BCUT2D eigenvalue weighted by molar-refractivity contribution is 0.00578. The highest BCUT2D eigenvalue weighted by Crippen LogP contribution is 2.37. The summed E-state index contributed by atoms with van der Waals surface area (Å²) in [5.74, 6) is 0. The quantitative estimate of drug-likeness (QED) is 0.642. The van der Waals surface area contributed by atoms with E-state index in [0.717, 1.165) is 12.8 Å². The molecule has 5 nitrogen and oxygen atoms in total. The zero-order chi connectivity index (χ0) is 18.0. The second-order valence-electron chi connectivity index (χ2n) is 6.93. The number of hydrogen-bond acceptors (Lipinski definition) is 4. The first-order valence-corrected chi connectivity index (χ1v) is 8.63. The van der Waals surface area contributed by atoms with Crippen molar-refractivity contribution in [2.24, 2.45) is 0 Å². The average molecular weight is 354 g/mol. The molecule has 1 aliphatic heterocycles. The van der Waals surface area contributed by atoms with Crippen LogP contribution in [0.2, 0.25) is 5.02 Å². The van der Waals surface area contributed by atoms with Crippen LogP contribution in [0.5, 0.6) is 0 Å².